The molecule has 10 heteroatoms. The van der Waals surface area contributed by atoms with Crippen molar-refractivity contribution < 1.29 is 27.1 Å². The van der Waals surface area contributed by atoms with Gasteiger partial charge < -0.3 is 9.15 Å². The molecule has 2 heterocycles. The third-order valence-electron chi connectivity index (χ3n) is 4.59. The van der Waals surface area contributed by atoms with Gasteiger partial charge in [0.1, 0.15) is 17.3 Å². The number of ether oxygens (including phenoxy) is 1. The van der Waals surface area contributed by atoms with Crippen molar-refractivity contribution in [3.63, 3.8) is 0 Å². The van der Waals surface area contributed by atoms with Crippen LogP contribution in [0.5, 0.6) is 5.75 Å². The second kappa shape index (κ2) is 8.65. The summed E-state index contributed by atoms with van der Waals surface area (Å²) in [5.74, 6) is 0.334. The van der Waals surface area contributed by atoms with Crippen molar-refractivity contribution in [1.82, 2.24) is 0 Å². The molecule has 1 amide bonds. The molecule has 0 N–H and O–H groups in total. The predicted molar refractivity (Wildman–Crippen MR) is 123 cm³/mol. The van der Waals surface area contributed by atoms with Crippen molar-refractivity contribution in [3.05, 3.63) is 75.8 Å². The molecule has 2 aromatic carbocycles. The number of thiocarbonyl (C=S) groups is 1. The van der Waals surface area contributed by atoms with Crippen LogP contribution >= 0.6 is 35.6 Å². The predicted octanol–water partition coefficient (Wildman–Crippen LogP) is 7.03. The Morgan fingerprint density at radius 1 is 1.16 bits per heavy atom. The fourth-order valence-electron chi connectivity index (χ4n) is 3.13. The highest BCUT2D eigenvalue weighted by molar-refractivity contribution is 8.27. The average molecular weight is 496 g/mol. The highest BCUT2D eigenvalue weighted by Gasteiger charge is 2.35. The van der Waals surface area contributed by atoms with Gasteiger partial charge in [-0.2, -0.15) is 13.2 Å². The topological polar surface area (TPSA) is 42.7 Å². The molecular weight excluding hydrogens is 483 g/mol. The zero-order valence-electron chi connectivity index (χ0n) is 16.3. The number of hydrogen-bond donors (Lipinski definition) is 0. The molecule has 4 nitrogen and oxygen atoms in total. The van der Waals surface area contributed by atoms with Gasteiger partial charge in [-0.15, -0.1) is 0 Å². The van der Waals surface area contributed by atoms with E-state index in [0.29, 0.717) is 16.5 Å². The zero-order chi connectivity index (χ0) is 23.0. The maximum Gasteiger partial charge on any atom is 0.417 e. The number of hydrogen-bond acceptors (Lipinski definition) is 5. The van der Waals surface area contributed by atoms with Crippen LogP contribution in [0.3, 0.4) is 0 Å². The van der Waals surface area contributed by atoms with E-state index >= 15 is 0 Å². The molecule has 1 aromatic heterocycles. The van der Waals surface area contributed by atoms with E-state index in [1.54, 1.807) is 18.2 Å². The Kier molecular flexibility index (Phi) is 6.07. The van der Waals surface area contributed by atoms with Crippen molar-refractivity contribution in [2.24, 2.45) is 0 Å². The van der Waals surface area contributed by atoms with E-state index in [1.165, 1.54) is 48.4 Å². The van der Waals surface area contributed by atoms with Gasteiger partial charge in [-0.25, -0.2) is 0 Å². The number of carbonyl (C=O) groups is 1. The Bertz CT molecular complexity index is 1250. The smallest absolute Gasteiger partial charge is 0.417 e. The van der Waals surface area contributed by atoms with Crippen molar-refractivity contribution >= 4 is 57.6 Å². The molecule has 1 fully saturated rings. The summed E-state index contributed by atoms with van der Waals surface area (Å²) >= 11 is 12.5. The van der Waals surface area contributed by atoms with Gasteiger partial charge in [-0.1, -0.05) is 53.8 Å². The molecule has 0 saturated carbocycles. The van der Waals surface area contributed by atoms with E-state index in [4.69, 9.17) is 33.0 Å². The Hall–Kier alpha value is -2.75. The van der Waals surface area contributed by atoms with Gasteiger partial charge in [0, 0.05) is 11.6 Å². The van der Waals surface area contributed by atoms with Crippen molar-refractivity contribution in [3.8, 4) is 17.1 Å². The quantitative estimate of drug-likeness (QED) is 0.287. The van der Waals surface area contributed by atoms with E-state index in [-0.39, 0.29) is 26.3 Å². The molecule has 0 radical (unpaired) electrons. The number of anilines is 1. The van der Waals surface area contributed by atoms with E-state index < -0.39 is 17.6 Å². The largest absolute Gasteiger partial charge is 0.495 e. The Morgan fingerprint density at radius 3 is 2.59 bits per heavy atom. The van der Waals surface area contributed by atoms with Crippen LogP contribution in [-0.4, -0.2) is 17.3 Å². The standard InChI is InChI=1S/C22H13ClF3NO3S2/c1-29-18-8-6-12(10-16(18)23)27-20(28)19(32-21(27)31)11-13-7-9-17(30-13)14-4-2-3-5-15(14)22(24,25)26/h2-11H,1H3/b19-11+. The first-order valence-corrected chi connectivity index (χ1v) is 10.7. The highest BCUT2D eigenvalue weighted by Crippen LogP contribution is 2.40. The van der Waals surface area contributed by atoms with Crippen LogP contribution in [0.4, 0.5) is 18.9 Å². The SMILES string of the molecule is COc1ccc(N2C(=O)/C(=C\c3ccc(-c4ccccc4C(F)(F)F)o3)SC2=S)cc1Cl. The number of alkyl halides is 3. The lowest BCUT2D eigenvalue weighted by molar-refractivity contribution is -0.137. The third kappa shape index (κ3) is 4.28. The van der Waals surface area contributed by atoms with E-state index in [0.717, 1.165) is 17.8 Å². The van der Waals surface area contributed by atoms with Crippen LogP contribution in [-0.2, 0) is 11.0 Å². The monoisotopic (exact) mass is 495 g/mol. The lowest BCUT2D eigenvalue weighted by Gasteiger charge is -2.15. The van der Waals surface area contributed by atoms with Crippen molar-refractivity contribution in [1.29, 1.82) is 0 Å². The summed E-state index contributed by atoms with van der Waals surface area (Å²) in [6, 6.07) is 12.9. The summed E-state index contributed by atoms with van der Waals surface area (Å²) in [5, 5.41) is 0.321. The summed E-state index contributed by atoms with van der Waals surface area (Å²) in [7, 11) is 1.48. The van der Waals surface area contributed by atoms with Crippen LogP contribution in [0.2, 0.25) is 5.02 Å². The summed E-state index contributed by atoms with van der Waals surface area (Å²) in [5.41, 5.74) is -0.412. The molecule has 3 aromatic rings. The number of carbonyl (C=O) groups excluding carboxylic acids is 1. The number of amides is 1. The molecule has 164 valence electrons. The van der Waals surface area contributed by atoms with Gasteiger partial charge >= 0.3 is 6.18 Å². The maximum absolute atomic E-state index is 13.3. The average Bonchev–Trinajstić information content (AvgIpc) is 3.32. The second-order valence-electron chi connectivity index (χ2n) is 6.58. The Morgan fingerprint density at radius 2 is 1.91 bits per heavy atom. The normalized spacial score (nSPS) is 15.7. The number of halogens is 4. The zero-order valence-corrected chi connectivity index (χ0v) is 18.7. The fraction of sp³-hybridized carbons (Fsp3) is 0.0909. The van der Waals surface area contributed by atoms with Crippen LogP contribution in [0.1, 0.15) is 11.3 Å². The molecule has 0 bridgehead atoms. The Labute approximate surface area is 195 Å². The maximum atomic E-state index is 13.3. The van der Waals surface area contributed by atoms with Crippen molar-refractivity contribution in [2.45, 2.75) is 6.18 Å². The molecule has 1 aliphatic rings. The highest BCUT2D eigenvalue weighted by atomic mass is 35.5. The van der Waals surface area contributed by atoms with Crippen LogP contribution in [0, 0.1) is 0 Å². The molecule has 0 unspecified atom stereocenters. The first kappa shape index (κ1) is 22.4. The number of rotatable bonds is 4. The minimum absolute atomic E-state index is 0.0431. The van der Waals surface area contributed by atoms with Gasteiger partial charge in [0.15, 0.2) is 4.32 Å². The fourth-order valence-corrected chi connectivity index (χ4v) is 4.67. The van der Waals surface area contributed by atoms with E-state index in [2.05, 4.69) is 0 Å². The third-order valence-corrected chi connectivity index (χ3v) is 6.18. The van der Waals surface area contributed by atoms with E-state index in [1.807, 2.05) is 0 Å². The van der Waals surface area contributed by atoms with Gasteiger partial charge in [0.25, 0.3) is 5.91 Å². The molecular formula is C22H13ClF3NO3S2. The van der Waals surface area contributed by atoms with E-state index in [9.17, 15) is 18.0 Å². The minimum Gasteiger partial charge on any atom is -0.495 e. The molecule has 32 heavy (non-hydrogen) atoms. The number of methoxy groups -OCH3 is 1. The molecule has 4 rings (SSSR count). The molecule has 1 aliphatic heterocycles. The molecule has 0 atom stereocenters. The summed E-state index contributed by atoms with van der Waals surface area (Å²) in [6.07, 6.45) is -3.07. The second-order valence-corrected chi connectivity index (χ2v) is 8.66. The van der Waals surface area contributed by atoms with Gasteiger partial charge in [0.2, 0.25) is 0 Å². The van der Waals surface area contributed by atoms with Gasteiger partial charge in [-0.3, -0.25) is 9.69 Å². The first-order chi connectivity index (χ1) is 15.2. The summed E-state index contributed by atoms with van der Waals surface area (Å²) in [6.45, 7) is 0. The molecule has 0 aliphatic carbocycles. The lowest BCUT2D eigenvalue weighted by Crippen LogP contribution is -2.27. The molecule has 0 spiro atoms. The van der Waals surface area contributed by atoms with Gasteiger partial charge in [0.05, 0.1) is 28.3 Å². The number of thioether (sulfide) groups is 1. The number of nitrogens with zero attached hydrogens (tertiary/aromatic N) is 1. The number of benzene rings is 2. The number of furan rings is 1. The Balaban J connectivity index is 1.63. The minimum atomic E-state index is -4.52. The summed E-state index contributed by atoms with van der Waals surface area (Å²) < 4.78 is 50.9. The van der Waals surface area contributed by atoms with Gasteiger partial charge in [-0.05, 0) is 36.4 Å². The van der Waals surface area contributed by atoms with Crippen LogP contribution in [0.15, 0.2) is 63.9 Å². The summed E-state index contributed by atoms with van der Waals surface area (Å²) in [4.78, 5) is 14.5. The lowest BCUT2D eigenvalue weighted by atomic mass is 10.1. The van der Waals surface area contributed by atoms with Crippen molar-refractivity contribution in [2.75, 3.05) is 12.0 Å². The first-order valence-electron chi connectivity index (χ1n) is 9.07. The molecule has 1 saturated heterocycles. The van der Waals surface area contributed by atoms with Crippen LogP contribution in [0.25, 0.3) is 17.4 Å². The van der Waals surface area contributed by atoms with Crippen LogP contribution < -0.4 is 9.64 Å².